The summed E-state index contributed by atoms with van der Waals surface area (Å²) < 4.78 is 10.6. The average Bonchev–Trinajstić information content (AvgIpc) is 3.32. The van der Waals surface area contributed by atoms with E-state index in [2.05, 4.69) is 25.6 Å². The molecule has 5 rings (SSSR count). The summed E-state index contributed by atoms with van der Waals surface area (Å²) in [7, 11) is 3.18. The number of carbonyl (C=O) groups is 1. The third kappa shape index (κ3) is 4.62. The third-order valence-corrected chi connectivity index (χ3v) is 5.68. The Morgan fingerprint density at radius 1 is 0.944 bits per heavy atom. The van der Waals surface area contributed by atoms with Gasteiger partial charge in [-0.3, -0.25) is 4.79 Å². The molecule has 180 valence electrons. The first-order chi connectivity index (χ1) is 17.5. The molecule has 0 aliphatic heterocycles. The molecule has 0 atom stereocenters. The Hall–Kier alpha value is -5.05. The first-order valence-electron chi connectivity index (χ1n) is 11.1. The zero-order valence-electron chi connectivity index (χ0n) is 19.7. The molecule has 36 heavy (non-hydrogen) atoms. The number of aromatic nitrogens is 3. The number of nitrogens with two attached hydrogens (primary N) is 1. The zero-order valence-corrected chi connectivity index (χ0v) is 19.7. The van der Waals surface area contributed by atoms with Crippen LogP contribution < -0.4 is 25.8 Å². The van der Waals surface area contributed by atoms with Gasteiger partial charge in [-0.15, -0.1) is 0 Å². The molecule has 0 aliphatic carbocycles. The van der Waals surface area contributed by atoms with Crippen molar-refractivity contribution in [1.29, 1.82) is 0 Å². The van der Waals surface area contributed by atoms with Crippen molar-refractivity contribution in [2.24, 2.45) is 0 Å². The average molecular weight is 481 g/mol. The molecule has 5 aromatic rings. The minimum atomic E-state index is -0.208. The maximum Gasteiger partial charge on any atom is 0.255 e. The number of rotatable bonds is 7. The molecular weight excluding hydrogens is 456 g/mol. The summed E-state index contributed by atoms with van der Waals surface area (Å²) in [5.74, 6) is 1.47. The number of amides is 1. The Balaban J connectivity index is 1.37. The molecule has 1 amide bonds. The van der Waals surface area contributed by atoms with Gasteiger partial charge in [0, 0.05) is 52.0 Å². The van der Waals surface area contributed by atoms with E-state index in [1.165, 1.54) is 0 Å². The van der Waals surface area contributed by atoms with Crippen LogP contribution in [0.25, 0.3) is 22.2 Å². The predicted molar refractivity (Wildman–Crippen MR) is 141 cm³/mol. The monoisotopic (exact) mass is 480 g/mol. The van der Waals surface area contributed by atoms with Crippen molar-refractivity contribution in [3.63, 3.8) is 0 Å². The van der Waals surface area contributed by atoms with Crippen molar-refractivity contribution in [2.45, 2.75) is 0 Å². The highest BCUT2D eigenvalue weighted by molar-refractivity contribution is 6.05. The van der Waals surface area contributed by atoms with Crippen LogP contribution in [0.5, 0.6) is 11.5 Å². The Morgan fingerprint density at radius 2 is 1.75 bits per heavy atom. The van der Waals surface area contributed by atoms with Crippen LogP contribution in [0.15, 0.2) is 79.1 Å². The smallest absolute Gasteiger partial charge is 0.255 e. The van der Waals surface area contributed by atoms with Gasteiger partial charge >= 0.3 is 0 Å². The van der Waals surface area contributed by atoms with Crippen molar-refractivity contribution in [1.82, 2.24) is 15.0 Å². The molecule has 0 radical (unpaired) electrons. The second-order valence-corrected chi connectivity index (χ2v) is 8.01. The zero-order chi connectivity index (χ0) is 25.1. The molecule has 5 N–H and O–H groups in total. The number of ether oxygens (including phenoxy) is 2. The number of fused-ring (bicyclic) bond motifs is 1. The maximum atomic E-state index is 12.6. The van der Waals surface area contributed by atoms with Crippen molar-refractivity contribution in [3.8, 4) is 22.6 Å². The quantitative estimate of drug-likeness (QED) is 0.235. The van der Waals surface area contributed by atoms with E-state index >= 15 is 0 Å². The van der Waals surface area contributed by atoms with Gasteiger partial charge in [-0.05, 0) is 54.1 Å². The van der Waals surface area contributed by atoms with E-state index in [1.54, 1.807) is 44.7 Å². The van der Waals surface area contributed by atoms with E-state index < -0.39 is 0 Å². The van der Waals surface area contributed by atoms with Crippen LogP contribution in [0.2, 0.25) is 0 Å². The summed E-state index contributed by atoms with van der Waals surface area (Å²) in [4.78, 5) is 24.9. The number of nitrogen functional groups attached to an aromatic ring is 1. The molecule has 0 saturated carbocycles. The van der Waals surface area contributed by atoms with Crippen molar-refractivity contribution in [2.75, 3.05) is 30.6 Å². The molecule has 0 bridgehead atoms. The summed E-state index contributed by atoms with van der Waals surface area (Å²) in [6.45, 7) is 0. The Kier molecular flexibility index (Phi) is 6.10. The van der Waals surface area contributed by atoms with Crippen LogP contribution in [-0.2, 0) is 0 Å². The molecule has 2 aromatic heterocycles. The third-order valence-electron chi connectivity index (χ3n) is 5.68. The largest absolute Gasteiger partial charge is 0.493 e. The number of benzene rings is 3. The fraction of sp³-hybridized carbons (Fsp3) is 0.0741. The van der Waals surface area contributed by atoms with E-state index in [4.69, 9.17) is 15.2 Å². The highest BCUT2D eigenvalue weighted by Crippen LogP contribution is 2.32. The Bertz CT molecular complexity index is 1550. The summed E-state index contributed by atoms with van der Waals surface area (Å²) in [6.07, 6.45) is 3.64. The van der Waals surface area contributed by atoms with Crippen LogP contribution in [0, 0.1) is 0 Å². The molecule has 0 spiro atoms. The standard InChI is InChI=1S/C27H24N6O3/c1-35-23-11-10-20(13-24(23)36-2)32-27-30-15-22-21(14-29-25(22)33-27)17-4-3-5-19(12-17)31-26(34)16-6-8-18(28)9-7-16/h3-15H,28H2,1-2H3,(H,31,34)(H2,29,30,32,33). The number of nitrogens with one attached hydrogen (secondary N) is 3. The van der Waals surface area contributed by atoms with Crippen molar-refractivity contribution >= 4 is 40.0 Å². The van der Waals surface area contributed by atoms with Gasteiger partial charge in [0.25, 0.3) is 5.91 Å². The van der Waals surface area contributed by atoms with Gasteiger partial charge < -0.3 is 30.8 Å². The fourth-order valence-electron chi connectivity index (χ4n) is 3.85. The van der Waals surface area contributed by atoms with Crippen LogP contribution in [-0.4, -0.2) is 35.1 Å². The summed E-state index contributed by atoms with van der Waals surface area (Å²) in [5.41, 5.74) is 10.8. The summed E-state index contributed by atoms with van der Waals surface area (Å²) in [5, 5.41) is 6.98. The summed E-state index contributed by atoms with van der Waals surface area (Å²) in [6, 6.07) is 19.9. The molecule has 0 saturated heterocycles. The van der Waals surface area contributed by atoms with Gasteiger partial charge in [0.2, 0.25) is 5.95 Å². The molecule has 2 heterocycles. The highest BCUT2D eigenvalue weighted by atomic mass is 16.5. The summed E-state index contributed by atoms with van der Waals surface area (Å²) >= 11 is 0. The lowest BCUT2D eigenvalue weighted by Gasteiger charge is -2.10. The normalized spacial score (nSPS) is 10.7. The van der Waals surface area contributed by atoms with Crippen LogP contribution in [0.1, 0.15) is 10.4 Å². The molecule has 3 aromatic carbocycles. The lowest BCUT2D eigenvalue weighted by atomic mass is 10.1. The molecule has 0 unspecified atom stereocenters. The molecule has 0 aliphatic rings. The number of hydrogen-bond donors (Lipinski definition) is 4. The van der Waals surface area contributed by atoms with Gasteiger partial charge in [0.05, 0.1) is 14.2 Å². The highest BCUT2D eigenvalue weighted by Gasteiger charge is 2.12. The van der Waals surface area contributed by atoms with Crippen molar-refractivity contribution in [3.05, 3.63) is 84.7 Å². The van der Waals surface area contributed by atoms with E-state index in [-0.39, 0.29) is 5.91 Å². The molecule has 0 fully saturated rings. The number of methoxy groups -OCH3 is 2. The first kappa shape index (κ1) is 22.7. The van der Waals surface area contributed by atoms with Crippen LogP contribution in [0.3, 0.4) is 0 Å². The van der Waals surface area contributed by atoms with Gasteiger partial charge in [-0.1, -0.05) is 12.1 Å². The second kappa shape index (κ2) is 9.67. The lowest BCUT2D eigenvalue weighted by molar-refractivity contribution is 0.102. The van der Waals surface area contributed by atoms with Crippen molar-refractivity contribution < 1.29 is 14.3 Å². The van der Waals surface area contributed by atoms with Crippen LogP contribution in [0.4, 0.5) is 23.0 Å². The lowest BCUT2D eigenvalue weighted by Crippen LogP contribution is -2.11. The topological polar surface area (TPSA) is 127 Å². The number of hydrogen-bond acceptors (Lipinski definition) is 7. The second-order valence-electron chi connectivity index (χ2n) is 8.01. The van der Waals surface area contributed by atoms with E-state index in [1.807, 2.05) is 48.7 Å². The number of H-pyrrole nitrogens is 1. The van der Waals surface area contributed by atoms with Gasteiger partial charge in [-0.25, -0.2) is 4.98 Å². The molecule has 9 nitrogen and oxygen atoms in total. The number of nitrogens with zero attached hydrogens (tertiary/aromatic N) is 2. The minimum absolute atomic E-state index is 0.208. The van der Waals surface area contributed by atoms with Crippen LogP contribution >= 0.6 is 0 Å². The Labute approximate surface area is 207 Å². The van der Waals surface area contributed by atoms with E-state index in [9.17, 15) is 4.79 Å². The number of anilines is 4. The van der Waals surface area contributed by atoms with Gasteiger partial charge in [0.15, 0.2) is 11.5 Å². The SMILES string of the molecule is COc1ccc(Nc2ncc3c(-c4cccc(NC(=O)c5ccc(N)cc5)c4)c[nH]c3n2)cc1OC. The first-order valence-corrected chi connectivity index (χ1v) is 11.1. The fourth-order valence-corrected chi connectivity index (χ4v) is 3.85. The minimum Gasteiger partial charge on any atom is -0.493 e. The Morgan fingerprint density at radius 3 is 2.53 bits per heavy atom. The van der Waals surface area contributed by atoms with Gasteiger partial charge in [-0.2, -0.15) is 4.98 Å². The van der Waals surface area contributed by atoms with Gasteiger partial charge in [0.1, 0.15) is 5.65 Å². The van der Waals surface area contributed by atoms with E-state index in [0.717, 1.165) is 22.2 Å². The molecule has 9 heteroatoms. The number of aromatic amines is 1. The van der Waals surface area contributed by atoms with E-state index in [0.29, 0.717) is 40.0 Å². The number of carbonyl (C=O) groups excluding carboxylic acids is 1. The predicted octanol–water partition coefficient (Wildman–Crippen LogP) is 5.22. The maximum absolute atomic E-state index is 12.6. The molecular formula is C27H24N6O3.